The minimum atomic E-state index is -0.966. The monoisotopic (exact) mass is 860 g/mol. The lowest BCUT2D eigenvalue weighted by atomic mass is 9.73. The zero-order valence-electron chi connectivity index (χ0n) is 29.8. The number of thioether (sulfide) groups is 8. The Labute approximate surface area is 354 Å². The Morgan fingerprint density at radius 3 is 0.964 bits per heavy atom. The van der Waals surface area contributed by atoms with Gasteiger partial charge in [0, 0.05) is 43.2 Å². The van der Waals surface area contributed by atoms with E-state index >= 15 is 0 Å². The van der Waals surface area contributed by atoms with Gasteiger partial charge in [-0.3, -0.25) is 0 Å². The quantitative estimate of drug-likeness (QED) is 0.139. The van der Waals surface area contributed by atoms with E-state index in [2.05, 4.69) is 5.73 Å². The summed E-state index contributed by atoms with van der Waals surface area (Å²) in [6.07, 6.45) is 0. The Morgan fingerprint density at radius 1 is 0.418 bits per heavy atom. The van der Waals surface area contributed by atoms with Crippen LogP contribution in [0.3, 0.4) is 0 Å². The number of allylic oxidation sites excluding steroid dienone is 9. The molecule has 268 valence electrons. The Hall–Kier alpha value is -4.36. The molecule has 4 aliphatic rings. The molecule has 0 atom stereocenters. The fraction of sp³-hybridized carbons (Fsp3) is 0.205. The van der Waals surface area contributed by atoms with Crippen LogP contribution in [0.2, 0.25) is 0 Å². The SMILES string of the molecule is CC(C)(C)C(=C=C(C(=C(C#N)C#N)C(C1=CSC(=C2SC=CS2)S1)=C(C#N)C#N)C(C)(C)C)C(=C(C#N)C#N)C(C1=CSC(=C2SC=CS2)S1)=C(C#N)C#N. The number of nitriles is 8. The fourth-order valence-corrected chi connectivity index (χ4v) is 14.0. The highest BCUT2D eigenvalue weighted by Gasteiger charge is 2.37. The molecule has 0 saturated heterocycles. The van der Waals surface area contributed by atoms with Crippen molar-refractivity contribution in [3.63, 3.8) is 0 Å². The zero-order valence-corrected chi connectivity index (χ0v) is 36.3. The first kappa shape index (κ1) is 43.4. The Kier molecular flexibility index (Phi) is 15.0. The van der Waals surface area contributed by atoms with Gasteiger partial charge in [-0.2, -0.15) is 42.1 Å². The van der Waals surface area contributed by atoms with Gasteiger partial charge >= 0.3 is 0 Å². The minimum Gasteiger partial charge on any atom is -0.192 e. The van der Waals surface area contributed by atoms with E-state index in [9.17, 15) is 42.1 Å². The predicted molar refractivity (Wildman–Crippen MR) is 232 cm³/mol. The lowest BCUT2D eigenvalue weighted by Gasteiger charge is -2.29. The van der Waals surface area contributed by atoms with Gasteiger partial charge in [0.15, 0.2) is 0 Å². The van der Waals surface area contributed by atoms with Gasteiger partial charge < -0.3 is 0 Å². The van der Waals surface area contributed by atoms with E-state index in [1.165, 1.54) is 94.1 Å². The largest absolute Gasteiger partial charge is 0.192 e. The maximum absolute atomic E-state index is 10.5. The highest BCUT2D eigenvalue weighted by Crippen LogP contribution is 2.58. The van der Waals surface area contributed by atoms with Crippen molar-refractivity contribution in [3.05, 3.63) is 121 Å². The molecule has 0 amide bonds. The van der Waals surface area contributed by atoms with E-state index in [1.54, 1.807) is 10.8 Å². The second kappa shape index (κ2) is 19.0. The van der Waals surface area contributed by atoms with Crippen molar-refractivity contribution in [2.45, 2.75) is 41.5 Å². The number of hydrogen-bond donors (Lipinski definition) is 0. The normalized spacial score (nSPS) is 15.3. The third-order valence-electron chi connectivity index (χ3n) is 7.23. The predicted octanol–water partition coefficient (Wildman–Crippen LogP) is 12.7. The van der Waals surface area contributed by atoms with E-state index in [-0.39, 0.29) is 55.7 Å². The Balaban J connectivity index is 2.24. The minimum absolute atomic E-state index is 0.00578. The maximum Gasteiger partial charge on any atom is 0.138 e. The average Bonchev–Trinajstić information content (AvgIpc) is 3.99. The van der Waals surface area contributed by atoms with Gasteiger partial charge in [-0.25, -0.2) is 0 Å². The molecule has 0 radical (unpaired) electrons. The lowest BCUT2D eigenvalue weighted by Crippen LogP contribution is -2.18. The maximum atomic E-state index is 10.5. The van der Waals surface area contributed by atoms with Gasteiger partial charge in [-0.15, -0.1) is 5.73 Å². The van der Waals surface area contributed by atoms with Crippen molar-refractivity contribution in [3.8, 4) is 48.6 Å². The van der Waals surface area contributed by atoms with Gasteiger partial charge in [0.2, 0.25) is 0 Å². The Morgan fingerprint density at radius 2 is 0.709 bits per heavy atom. The van der Waals surface area contributed by atoms with Crippen molar-refractivity contribution >= 4 is 94.1 Å². The van der Waals surface area contributed by atoms with Gasteiger partial charge in [0.25, 0.3) is 0 Å². The number of hydrogen-bond acceptors (Lipinski definition) is 16. The molecule has 0 aromatic heterocycles. The van der Waals surface area contributed by atoms with Crippen LogP contribution < -0.4 is 0 Å². The third kappa shape index (κ3) is 9.72. The average molecular weight is 861 g/mol. The van der Waals surface area contributed by atoms with Crippen molar-refractivity contribution < 1.29 is 0 Å². The molecular weight excluding hydrogens is 837 g/mol. The Bertz CT molecular complexity index is 2250. The molecule has 0 aromatic rings. The summed E-state index contributed by atoms with van der Waals surface area (Å²) in [6.45, 7) is 10.9. The van der Waals surface area contributed by atoms with Crippen LogP contribution in [0.5, 0.6) is 0 Å². The van der Waals surface area contributed by atoms with Crippen LogP contribution in [0.15, 0.2) is 121 Å². The molecule has 0 N–H and O–H groups in total. The third-order valence-corrected chi connectivity index (χ3v) is 17.3. The van der Waals surface area contributed by atoms with Crippen molar-refractivity contribution in [1.29, 1.82) is 42.1 Å². The standard InChI is InChI=1S/C39H24N8S8/c1-38(2,3)26(30(22(12-40)13-41)32(24(16-44)17-45)28-20-52-36(54-28)34-48-7-8-49-34)11-27(39(4,5)6)31(23(14-42)15-43)33(25(18-46)19-47)29-21-53-37(55-29)35-50-9-10-51-35/h7-10,20-21H,1-6H3. The van der Waals surface area contributed by atoms with Gasteiger partial charge in [0.05, 0.1) is 16.9 Å². The second-order valence-electron chi connectivity index (χ2n) is 12.8. The van der Waals surface area contributed by atoms with Crippen LogP contribution in [0.4, 0.5) is 0 Å². The van der Waals surface area contributed by atoms with Crippen molar-refractivity contribution in [2.24, 2.45) is 10.8 Å². The summed E-state index contributed by atoms with van der Waals surface area (Å²) in [5.74, 6) is 0. The summed E-state index contributed by atoms with van der Waals surface area (Å²) in [5.41, 5.74) is 0.646. The summed E-state index contributed by atoms with van der Waals surface area (Å²) < 4.78 is 3.80. The molecule has 4 heterocycles. The van der Waals surface area contributed by atoms with Crippen LogP contribution in [0, 0.1) is 101 Å². The molecule has 55 heavy (non-hydrogen) atoms. The first-order chi connectivity index (χ1) is 26.2. The van der Waals surface area contributed by atoms with Crippen molar-refractivity contribution in [2.75, 3.05) is 0 Å². The van der Waals surface area contributed by atoms with Crippen molar-refractivity contribution in [1.82, 2.24) is 0 Å². The first-order valence-corrected chi connectivity index (χ1v) is 22.4. The summed E-state index contributed by atoms with van der Waals surface area (Å²) in [5, 5.41) is 94.7. The smallest absolute Gasteiger partial charge is 0.138 e. The van der Waals surface area contributed by atoms with Crippen LogP contribution in [-0.4, -0.2) is 0 Å². The number of nitrogens with zero attached hydrogens (tertiary/aromatic N) is 8. The molecule has 0 spiro atoms. The van der Waals surface area contributed by atoms with E-state index in [1.807, 2.05) is 112 Å². The lowest BCUT2D eigenvalue weighted by molar-refractivity contribution is 0.498. The second-order valence-corrected chi connectivity index (χ2v) is 21.4. The molecule has 0 saturated carbocycles. The summed E-state index contributed by atoms with van der Waals surface area (Å²) in [6, 6.07) is 15.8. The fourth-order valence-electron chi connectivity index (χ4n) is 4.93. The van der Waals surface area contributed by atoms with Gasteiger partial charge in [0.1, 0.15) is 70.8 Å². The van der Waals surface area contributed by atoms with Gasteiger partial charge in [-0.05, 0) is 43.3 Å². The molecule has 0 aliphatic carbocycles. The molecule has 4 rings (SSSR count). The topological polar surface area (TPSA) is 190 Å². The van der Waals surface area contributed by atoms with Crippen LogP contribution in [0.1, 0.15) is 41.5 Å². The molecule has 8 nitrogen and oxygen atoms in total. The summed E-state index contributed by atoms with van der Waals surface area (Å²) >= 11 is 11.6. The highest BCUT2D eigenvalue weighted by atomic mass is 32.2. The van der Waals surface area contributed by atoms with Crippen LogP contribution in [-0.2, 0) is 0 Å². The highest BCUT2D eigenvalue weighted by molar-refractivity contribution is 8.34. The first-order valence-electron chi connectivity index (χ1n) is 15.5. The molecule has 0 unspecified atom stereocenters. The molecule has 4 aliphatic heterocycles. The molecule has 0 aromatic carbocycles. The molecule has 0 bridgehead atoms. The van der Waals surface area contributed by atoms with E-state index < -0.39 is 10.8 Å². The summed E-state index contributed by atoms with van der Waals surface area (Å²) in [4.78, 5) is 0.948. The van der Waals surface area contributed by atoms with E-state index in [0.717, 1.165) is 16.9 Å². The number of rotatable bonds is 6. The molecule has 16 heteroatoms. The molecule has 0 fully saturated rings. The van der Waals surface area contributed by atoms with Gasteiger partial charge in [-0.1, -0.05) is 136 Å². The molecular formula is C39H24N8S8. The van der Waals surface area contributed by atoms with E-state index in [0.29, 0.717) is 9.81 Å². The van der Waals surface area contributed by atoms with E-state index in [4.69, 9.17) is 0 Å². The van der Waals surface area contributed by atoms with Crippen LogP contribution >= 0.6 is 94.1 Å². The van der Waals surface area contributed by atoms with Crippen LogP contribution in [0.25, 0.3) is 0 Å². The summed E-state index contributed by atoms with van der Waals surface area (Å²) in [7, 11) is 0. The zero-order chi connectivity index (χ0) is 40.5.